The highest BCUT2D eigenvalue weighted by molar-refractivity contribution is 5.84. The van der Waals surface area contributed by atoms with E-state index in [0.29, 0.717) is 19.0 Å². The number of methoxy groups -OCH3 is 1. The number of ether oxygens (including phenoxy) is 2. The highest BCUT2D eigenvalue weighted by atomic mass is 16.5. The molecule has 2 atom stereocenters. The predicted octanol–water partition coefficient (Wildman–Crippen LogP) is 2.06. The zero-order valence-electron chi connectivity index (χ0n) is 12.1. The lowest BCUT2D eigenvalue weighted by Gasteiger charge is -2.13. The largest absolute Gasteiger partial charge is 0.497 e. The average molecular weight is 300 g/mol. The van der Waals surface area contributed by atoms with E-state index in [-0.39, 0.29) is 12.1 Å². The summed E-state index contributed by atoms with van der Waals surface area (Å²) in [6.07, 6.45) is 2.25. The molecule has 8 heteroatoms. The third-order valence-corrected chi connectivity index (χ3v) is 3.63. The van der Waals surface area contributed by atoms with Gasteiger partial charge in [0.15, 0.2) is 0 Å². The van der Waals surface area contributed by atoms with Gasteiger partial charge in [-0.1, -0.05) is 5.11 Å². The normalized spacial score (nSPS) is 20.6. The van der Waals surface area contributed by atoms with Crippen LogP contribution in [0.3, 0.4) is 0 Å². The zero-order chi connectivity index (χ0) is 15.4. The van der Waals surface area contributed by atoms with Gasteiger partial charge in [-0.15, -0.1) is 0 Å². The molecule has 1 aliphatic rings. The van der Waals surface area contributed by atoms with Gasteiger partial charge >= 0.3 is 0 Å². The molecule has 114 valence electrons. The Kier molecular flexibility index (Phi) is 4.22. The Morgan fingerprint density at radius 1 is 1.45 bits per heavy atom. The Bertz CT molecular complexity index is 716. The molecule has 2 aromatic rings. The molecule has 2 heterocycles. The van der Waals surface area contributed by atoms with Crippen molar-refractivity contribution in [2.45, 2.75) is 18.6 Å². The molecule has 1 N–H and O–H groups in total. The number of aromatic nitrogens is 2. The molecule has 22 heavy (non-hydrogen) atoms. The van der Waals surface area contributed by atoms with Crippen molar-refractivity contribution in [2.24, 2.45) is 5.11 Å². The van der Waals surface area contributed by atoms with E-state index < -0.39 is 0 Å². The van der Waals surface area contributed by atoms with Gasteiger partial charge < -0.3 is 14.8 Å². The maximum Gasteiger partial charge on any atom is 0.224 e. The Morgan fingerprint density at radius 2 is 2.36 bits per heavy atom. The smallest absolute Gasteiger partial charge is 0.224 e. The summed E-state index contributed by atoms with van der Waals surface area (Å²) in [6.45, 7) is 1.12. The van der Waals surface area contributed by atoms with Crippen LogP contribution in [0.15, 0.2) is 29.6 Å². The second-order valence-corrected chi connectivity index (χ2v) is 5.06. The number of fused-ring (bicyclic) bond motifs is 1. The monoisotopic (exact) mass is 300 g/mol. The first-order valence-electron chi connectivity index (χ1n) is 7.00. The maximum absolute atomic E-state index is 8.37. The zero-order valence-corrected chi connectivity index (χ0v) is 12.1. The average Bonchev–Trinajstić information content (AvgIpc) is 3.00. The van der Waals surface area contributed by atoms with Crippen LogP contribution in [-0.2, 0) is 0 Å². The van der Waals surface area contributed by atoms with Gasteiger partial charge in [0.1, 0.15) is 18.2 Å². The molecule has 0 aliphatic carbocycles. The first-order chi connectivity index (χ1) is 10.8. The summed E-state index contributed by atoms with van der Waals surface area (Å²) < 4.78 is 11.2. The van der Waals surface area contributed by atoms with Crippen LogP contribution in [-0.4, -0.2) is 42.3 Å². The molecule has 0 amide bonds. The first kappa shape index (κ1) is 14.4. The number of nitrogens with one attached hydrogen (secondary N) is 1. The van der Waals surface area contributed by atoms with Crippen molar-refractivity contribution < 1.29 is 9.47 Å². The Hall–Kier alpha value is -2.57. The molecule has 0 spiro atoms. The first-order valence-corrected chi connectivity index (χ1v) is 7.00. The summed E-state index contributed by atoms with van der Waals surface area (Å²) in [4.78, 5) is 11.2. The maximum atomic E-state index is 8.37. The minimum Gasteiger partial charge on any atom is -0.497 e. The molecule has 0 bridgehead atoms. The number of azide groups is 1. The third-order valence-electron chi connectivity index (χ3n) is 3.63. The fraction of sp³-hybridized carbons (Fsp3) is 0.429. The Balaban J connectivity index is 1.78. The Morgan fingerprint density at radius 3 is 3.18 bits per heavy atom. The van der Waals surface area contributed by atoms with Gasteiger partial charge in [0.25, 0.3) is 0 Å². The van der Waals surface area contributed by atoms with E-state index in [2.05, 4.69) is 25.3 Å². The van der Waals surface area contributed by atoms with Crippen molar-refractivity contribution in [3.8, 4) is 11.6 Å². The lowest BCUT2D eigenvalue weighted by atomic mass is 10.2. The summed E-state index contributed by atoms with van der Waals surface area (Å²) in [5.41, 5.74) is 9.17. The summed E-state index contributed by atoms with van der Waals surface area (Å²) in [6, 6.07) is 5.74. The molecule has 1 aliphatic heterocycles. The van der Waals surface area contributed by atoms with Crippen LogP contribution in [0.1, 0.15) is 6.42 Å². The molecule has 8 nitrogen and oxygen atoms in total. The van der Waals surface area contributed by atoms with E-state index >= 15 is 0 Å². The van der Waals surface area contributed by atoms with E-state index in [1.165, 1.54) is 6.33 Å². The quantitative estimate of drug-likeness (QED) is 0.517. The van der Waals surface area contributed by atoms with Crippen LogP contribution in [0.2, 0.25) is 0 Å². The van der Waals surface area contributed by atoms with Crippen molar-refractivity contribution in [1.29, 1.82) is 0 Å². The number of hydrogen-bond donors (Lipinski definition) is 1. The van der Waals surface area contributed by atoms with Gasteiger partial charge in [-0.2, -0.15) is 0 Å². The van der Waals surface area contributed by atoms with Crippen molar-refractivity contribution >= 4 is 10.9 Å². The second kappa shape index (κ2) is 6.46. The third kappa shape index (κ3) is 3.03. The summed E-state index contributed by atoms with van der Waals surface area (Å²) in [5.74, 6) is 1.28. The standard InChI is InChI=1S/C14H16N6O2/c1-21-10-2-3-13-12(5-10)14(18-8-17-13)22-11-4-9(16-7-11)6-19-20-15/h2-3,5,8-9,11,16H,4,6-7H2,1H3/t9-,11-/m0/s1. The van der Waals surface area contributed by atoms with Gasteiger partial charge in [-0.3, -0.25) is 0 Å². The molecule has 1 fully saturated rings. The van der Waals surface area contributed by atoms with Crippen LogP contribution in [0.25, 0.3) is 21.3 Å². The van der Waals surface area contributed by atoms with Crippen LogP contribution >= 0.6 is 0 Å². The summed E-state index contributed by atoms with van der Waals surface area (Å²) in [7, 11) is 1.62. The fourth-order valence-corrected chi connectivity index (χ4v) is 2.54. The lowest BCUT2D eigenvalue weighted by Crippen LogP contribution is -2.24. The molecule has 1 saturated heterocycles. The van der Waals surface area contributed by atoms with E-state index in [4.69, 9.17) is 15.0 Å². The Labute approximate surface area is 127 Å². The highest BCUT2D eigenvalue weighted by Gasteiger charge is 2.25. The summed E-state index contributed by atoms with van der Waals surface area (Å²) >= 11 is 0. The molecular weight excluding hydrogens is 284 g/mol. The van der Waals surface area contributed by atoms with Crippen molar-refractivity contribution in [2.75, 3.05) is 20.2 Å². The minimum atomic E-state index is -0.0109. The molecule has 1 aromatic carbocycles. The molecule has 1 aromatic heterocycles. The lowest BCUT2D eigenvalue weighted by molar-refractivity contribution is 0.214. The van der Waals surface area contributed by atoms with Crippen molar-refractivity contribution in [3.05, 3.63) is 35.0 Å². The van der Waals surface area contributed by atoms with Crippen LogP contribution < -0.4 is 14.8 Å². The van der Waals surface area contributed by atoms with E-state index in [1.54, 1.807) is 7.11 Å². The summed E-state index contributed by atoms with van der Waals surface area (Å²) in [5, 5.41) is 7.68. The van der Waals surface area contributed by atoms with Gasteiger partial charge in [0.2, 0.25) is 5.88 Å². The highest BCUT2D eigenvalue weighted by Crippen LogP contribution is 2.27. The van der Waals surface area contributed by atoms with Crippen LogP contribution in [0.5, 0.6) is 11.6 Å². The molecule has 3 rings (SSSR count). The van der Waals surface area contributed by atoms with Crippen molar-refractivity contribution in [1.82, 2.24) is 15.3 Å². The number of nitrogens with zero attached hydrogens (tertiary/aromatic N) is 5. The molecule has 0 unspecified atom stereocenters. The van der Waals surface area contributed by atoms with E-state index in [1.807, 2.05) is 18.2 Å². The molecular formula is C14H16N6O2. The van der Waals surface area contributed by atoms with Gasteiger partial charge in [-0.05, 0) is 23.7 Å². The number of hydrogen-bond acceptors (Lipinski definition) is 6. The molecule has 0 radical (unpaired) electrons. The minimum absolute atomic E-state index is 0.0109. The fourth-order valence-electron chi connectivity index (χ4n) is 2.54. The molecule has 0 saturated carbocycles. The van der Waals surface area contributed by atoms with E-state index in [9.17, 15) is 0 Å². The van der Waals surface area contributed by atoms with Crippen LogP contribution in [0.4, 0.5) is 0 Å². The van der Waals surface area contributed by atoms with Crippen LogP contribution in [0, 0.1) is 0 Å². The second-order valence-electron chi connectivity index (χ2n) is 5.06. The number of rotatable bonds is 5. The van der Waals surface area contributed by atoms with Crippen molar-refractivity contribution in [3.63, 3.8) is 0 Å². The van der Waals surface area contributed by atoms with Gasteiger partial charge in [-0.25, -0.2) is 9.97 Å². The van der Waals surface area contributed by atoms with Gasteiger partial charge in [0, 0.05) is 30.5 Å². The predicted molar refractivity (Wildman–Crippen MR) is 80.9 cm³/mol. The van der Waals surface area contributed by atoms with Gasteiger partial charge in [0.05, 0.1) is 18.0 Å². The van der Waals surface area contributed by atoms with E-state index in [0.717, 1.165) is 23.1 Å². The number of benzene rings is 1. The topological polar surface area (TPSA) is 105 Å². The SMILES string of the molecule is COc1ccc2ncnc(O[C@@H]3CN[C@H](CN=[N+]=[N-])C3)c2c1.